The normalized spacial score (nSPS) is 25.1. The van der Waals surface area contributed by atoms with E-state index < -0.39 is 0 Å². The maximum absolute atomic E-state index is 6.30. The Morgan fingerprint density at radius 2 is 1.61 bits per heavy atom. The van der Waals surface area contributed by atoms with Gasteiger partial charge in [0.15, 0.2) is 0 Å². The molecular formula is C25H24N2O. The first kappa shape index (κ1) is 16.9. The summed E-state index contributed by atoms with van der Waals surface area (Å²) in [5.41, 5.74) is 4.93. The predicted molar refractivity (Wildman–Crippen MR) is 116 cm³/mol. The Hall–Kier alpha value is -3.20. The molecule has 3 nitrogen and oxygen atoms in total. The summed E-state index contributed by atoms with van der Waals surface area (Å²) in [4.78, 5) is 4.69. The number of anilines is 2. The van der Waals surface area contributed by atoms with E-state index in [4.69, 9.17) is 4.74 Å². The lowest BCUT2D eigenvalue weighted by molar-refractivity contribution is 0.218. The van der Waals surface area contributed by atoms with Crippen molar-refractivity contribution in [2.45, 2.75) is 25.1 Å². The molecule has 1 aliphatic carbocycles. The second kappa shape index (κ2) is 6.75. The molecule has 2 aliphatic heterocycles. The third-order valence-corrected chi connectivity index (χ3v) is 5.88. The lowest BCUT2D eigenvalue weighted by Crippen LogP contribution is -2.46. The molecule has 3 atom stereocenters. The zero-order valence-corrected chi connectivity index (χ0v) is 16.2. The molecule has 2 heterocycles. The Balaban J connectivity index is 1.69. The molecule has 0 radical (unpaired) electrons. The Labute approximate surface area is 166 Å². The van der Waals surface area contributed by atoms with Crippen LogP contribution in [0.1, 0.15) is 12.5 Å². The molecule has 0 spiro atoms. The average molecular weight is 368 g/mol. The average Bonchev–Trinajstić information content (AvgIpc) is 2.74. The van der Waals surface area contributed by atoms with Crippen molar-refractivity contribution in [3.63, 3.8) is 0 Å². The van der Waals surface area contributed by atoms with Gasteiger partial charge in [0.2, 0.25) is 0 Å². The van der Waals surface area contributed by atoms with Crippen molar-refractivity contribution in [2.24, 2.45) is 0 Å². The Morgan fingerprint density at radius 1 is 0.857 bits per heavy atom. The van der Waals surface area contributed by atoms with Gasteiger partial charge in [0.25, 0.3) is 0 Å². The molecule has 0 bridgehead atoms. The number of allylic oxidation sites excluding steroid dienone is 4. The number of fused-ring (bicyclic) bond motifs is 2. The molecule has 2 aromatic rings. The summed E-state index contributed by atoms with van der Waals surface area (Å²) in [5, 5.41) is 0. The van der Waals surface area contributed by atoms with Crippen molar-refractivity contribution in [3.8, 4) is 5.75 Å². The lowest BCUT2D eigenvalue weighted by Gasteiger charge is -2.43. The molecule has 0 aromatic heterocycles. The number of rotatable bonds is 2. The standard InChI is InChI=1S/C25H24N2O/c1-18-19(11-9-17-26(18)2)20-10-3-4-12-21(20)27-22-13-5-7-15-24(22)28-25-16-8-6-14-23(25)27/h3-18,22,24H,1-2H3/t18-,22?,24?/m1/s1. The van der Waals surface area contributed by atoms with Crippen LogP contribution in [0.3, 0.4) is 0 Å². The van der Waals surface area contributed by atoms with E-state index in [-0.39, 0.29) is 12.1 Å². The van der Waals surface area contributed by atoms with E-state index >= 15 is 0 Å². The summed E-state index contributed by atoms with van der Waals surface area (Å²) in [6.45, 7) is 2.26. The van der Waals surface area contributed by atoms with Crippen molar-refractivity contribution in [2.75, 3.05) is 11.9 Å². The summed E-state index contributed by atoms with van der Waals surface area (Å²) >= 11 is 0. The van der Waals surface area contributed by atoms with Crippen LogP contribution in [-0.4, -0.2) is 30.1 Å². The number of ether oxygens (including phenoxy) is 1. The minimum absolute atomic E-state index is 0.00767. The summed E-state index contributed by atoms with van der Waals surface area (Å²) in [6.07, 6.45) is 15.1. The van der Waals surface area contributed by atoms with Gasteiger partial charge < -0.3 is 14.5 Å². The first-order chi connectivity index (χ1) is 13.7. The molecule has 2 aromatic carbocycles. The first-order valence-electron chi connectivity index (χ1n) is 9.83. The van der Waals surface area contributed by atoms with Gasteiger partial charge >= 0.3 is 0 Å². The van der Waals surface area contributed by atoms with Crippen LogP contribution in [-0.2, 0) is 0 Å². The van der Waals surface area contributed by atoms with Gasteiger partial charge in [-0.3, -0.25) is 0 Å². The number of likely N-dealkylation sites (N-methyl/N-ethyl adjacent to an activating group) is 1. The summed E-state index contributed by atoms with van der Waals surface area (Å²) in [7, 11) is 2.13. The van der Waals surface area contributed by atoms with E-state index in [9.17, 15) is 0 Å². The Kier molecular flexibility index (Phi) is 4.09. The Morgan fingerprint density at radius 3 is 2.50 bits per heavy atom. The van der Waals surface area contributed by atoms with E-state index in [1.165, 1.54) is 16.8 Å². The van der Waals surface area contributed by atoms with Crippen LogP contribution in [0.4, 0.5) is 11.4 Å². The monoisotopic (exact) mass is 368 g/mol. The van der Waals surface area contributed by atoms with Crippen molar-refractivity contribution in [3.05, 3.63) is 96.8 Å². The van der Waals surface area contributed by atoms with E-state index in [1.54, 1.807) is 0 Å². The van der Waals surface area contributed by atoms with Gasteiger partial charge in [0, 0.05) is 18.3 Å². The third-order valence-electron chi connectivity index (χ3n) is 5.88. The van der Waals surface area contributed by atoms with E-state index in [2.05, 4.69) is 109 Å². The van der Waals surface area contributed by atoms with E-state index in [0.717, 1.165) is 11.4 Å². The highest BCUT2D eigenvalue weighted by atomic mass is 16.5. The van der Waals surface area contributed by atoms with Gasteiger partial charge in [-0.2, -0.15) is 0 Å². The molecule has 0 fully saturated rings. The van der Waals surface area contributed by atoms with E-state index in [1.807, 2.05) is 6.07 Å². The quantitative estimate of drug-likeness (QED) is 0.714. The molecular weight excluding hydrogens is 344 g/mol. The molecule has 3 aliphatic rings. The molecule has 0 saturated heterocycles. The maximum atomic E-state index is 6.30. The fraction of sp³-hybridized carbons (Fsp3) is 0.200. The van der Waals surface area contributed by atoms with Gasteiger partial charge in [-0.15, -0.1) is 0 Å². The first-order valence-corrected chi connectivity index (χ1v) is 9.83. The van der Waals surface area contributed by atoms with Gasteiger partial charge in [0.05, 0.1) is 17.8 Å². The molecule has 0 saturated carbocycles. The third kappa shape index (κ3) is 2.66. The van der Waals surface area contributed by atoms with Crippen LogP contribution in [0, 0.1) is 0 Å². The molecule has 3 heteroatoms. The highest BCUT2D eigenvalue weighted by molar-refractivity contribution is 5.85. The van der Waals surface area contributed by atoms with Gasteiger partial charge in [0.1, 0.15) is 11.9 Å². The fourth-order valence-electron chi connectivity index (χ4n) is 4.28. The molecule has 28 heavy (non-hydrogen) atoms. The molecule has 0 amide bonds. The zero-order valence-electron chi connectivity index (χ0n) is 16.2. The number of benzene rings is 2. The highest BCUT2D eigenvalue weighted by Gasteiger charge is 2.36. The maximum Gasteiger partial charge on any atom is 0.144 e. The van der Waals surface area contributed by atoms with Crippen molar-refractivity contribution in [1.82, 2.24) is 4.90 Å². The second-order valence-electron chi connectivity index (χ2n) is 7.50. The van der Waals surface area contributed by atoms with Crippen molar-refractivity contribution < 1.29 is 4.74 Å². The lowest BCUT2D eigenvalue weighted by atomic mass is 9.92. The van der Waals surface area contributed by atoms with Crippen LogP contribution in [0.15, 0.2) is 91.2 Å². The van der Waals surface area contributed by atoms with Crippen LogP contribution in [0.5, 0.6) is 5.75 Å². The summed E-state index contributed by atoms with van der Waals surface area (Å²) in [6, 6.07) is 17.5. The summed E-state index contributed by atoms with van der Waals surface area (Å²) < 4.78 is 6.30. The van der Waals surface area contributed by atoms with Crippen molar-refractivity contribution in [1.29, 1.82) is 0 Å². The highest BCUT2D eigenvalue weighted by Crippen LogP contribution is 2.45. The number of hydrogen-bond acceptors (Lipinski definition) is 3. The zero-order chi connectivity index (χ0) is 19.1. The molecule has 5 rings (SSSR count). The number of hydrogen-bond donors (Lipinski definition) is 0. The van der Waals surface area contributed by atoms with Crippen LogP contribution < -0.4 is 9.64 Å². The number of para-hydroxylation sites is 3. The van der Waals surface area contributed by atoms with Crippen LogP contribution >= 0.6 is 0 Å². The van der Waals surface area contributed by atoms with Crippen molar-refractivity contribution >= 4 is 16.9 Å². The predicted octanol–water partition coefficient (Wildman–Crippen LogP) is 5.31. The second-order valence-corrected chi connectivity index (χ2v) is 7.50. The fourth-order valence-corrected chi connectivity index (χ4v) is 4.28. The minimum Gasteiger partial charge on any atom is -0.482 e. The SMILES string of the molecule is C[C@@H]1C(c2ccccc2N2c3ccccc3OC3C=CC=CC32)=CC=CN1C. The minimum atomic E-state index is 0.00767. The van der Waals surface area contributed by atoms with Gasteiger partial charge in [-0.05, 0) is 49.0 Å². The molecule has 0 N–H and O–H groups in total. The number of nitrogens with zero attached hydrogens (tertiary/aromatic N) is 2. The summed E-state index contributed by atoms with van der Waals surface area (Å²) in [5.74, 6) is 0.932. The van der Waals surface area contributed by atoms with Gasteiger partial charge in [-0.25, -0.2) is 0 Å². The van der Waals surface area contributed by atoms with Crippen LogP contribution in [0.2, 0.25) is 0 Å². The largest absolute Gasteiger partial charge is 0.482 e. The van der Waals surface area contributed by atoms with E-state index in [0.29, 0.717) is 6.04 Å². The van der Waals surface area contributed by atoms with Gasteiger partial charge in [-0.1, -0.05) is 54.6 Å². The Bertz CT molecular complexity index is 1020. The van der Waals surface area contributed by atoms with Crippen LogP contribution in [0.25, 0.3) is 5.57 Å². The molecule has 140 valence electrons. The topological polar surface area (TPSA) is 15.7 Å². The smallest absolute Gasteiger partial charge is 0.144 e. The molecule has 2 unspecified atom stereocenters.